The van der Waals surface area contributed by atoms with Gasteiger partial charge >= 0.3 is 6.09 Å². The van der Waals surface area contributed by atoms with Crippen LogP contribution in [0.25, 0.3) is 5.69 Å². The van der Waals surface area contributed by atoms with E-state index in [1.165, 1.54) is 12.1 Å². The predicted octanol–water partition coefficient (Wildman–Crippen LogP) is 2.23. The highest BCUT2D eigenvalue weighted by Crippen LogP contribution is 2.15. The van der Waals surface area contributed by atoms with Crippen LogP contribution >= 0.6 is 0 Å². The van der Waals surface area contributed by atoms with Gasteiger partial charge in [0.05, 0.1) is 12.3 Å². The number of hydrogen-bond acceptors (Lipinski definition) is 4. The Bertz CT molecular complexity index is 795. The highest BCUT2D eigenvalue weighted by molar-refractivity contribution is 5.92. The van der Waals surface area contributed by atoms with E-state index in [4.69, 9.17) is 4.74 Å². The number of piperazine rings is 1. The van der Waals surface area contributed by atoms with E-state index in [1.807, 2.05) is 6.92 Å². The van der Waals surface area contributed by atoms with Gasteiger partial charge in [0.15, 0.2) is 5.69 Å². The molecule has 2 heterocycles. The number of halogens is 1. The molecule has 0 atom stereocenters. The van der Waals surface area contributed by atoms with Crippen LogP contribution < -0.4 is 0 Å². The average Bonchev–Trinajstić information content (AvgIpc) is 3.04. The van der Waals surface area contributed by atoms with Crippen molar-refractivity contribution in [1.29, 1.82) is 0 Å². The molecule has 2 aromatic rings. The summed E-state index contributed by atoms with van der Waals surface area (Å²) in [5.74, 6) is -0.508. The minimum absolute atomic E-state index is 0.183. The molecule has 0 radical (unpaired) electrons. The minimum atomic E-state index is -0.351. The fraction of sp³-hybridized carbons (Fsp3) is 0.389. The molecule has 1 aromatic heterocycles. The third-order valence-electron chi connectivity index (χ3n) is 4.27. The standard InChI is InChI=1S/C18H21FN4O3/c1-3-26-18(25)22-10-8-21(9-11-22)17(24)16-12-13(2)23(20-16)15-6-4-14(19)5-7-15/h4-7,12H,3,8-11H2,1-2H3. The summed E-state index contributed by atoms with van der Waals surface area (Å²) < 4.78 is 19.7. The maximum atomic E-state index is 13.1. The van der Waals surface area contributed by atoms with Crippen molar-refractivity contribution in [2.75, 3.05) is 32.8 Å². The van der Waals surface area contributed by atoms with Crippen molar-refractivity contribution in [2.45, 2.75) is 13.8 Å². The van der Waals surface area contributed by atoms with Crippen molar-refractivity contribution >= 4 is 12.0 Å². The van der Waals surface area contributed by atoms with Crippen molar-refractivity contribution in [3.8, 4) is 5.69 Å². The first-order valence-electron chi connectivity index (χ1n) is 8.53. The number of aryl methyl sites for hydroxylation is 1. The van der Waals surface area contributed by atoms with Crippen LogP contribution in [0.1, 0.15) is 23.1 Å². The first-order chi connectivity index (χ1) is 12.5. The Kier molecular flexibility index (Phi) is 5.20. The number of aromatic nitrogens is 2. The second-order valence-electron chi connectivity index (χ2n) is 6.04. The maximum absolute atomic E-state index is 13.1. The zero-order valence-corrected chi connectivity index (χ0v) is 14.8. The van der Waals surface area contributed by atoms with Gasteiger partial charge in [0, 0.05) is 31.9 Å². The van der Waals surface area contributed by atoms with Crippen LogP contribution in [0.5, 0.6) is 0 Å². The number of amides is 2. The molecular weight excluding hydrogens is 339 g/mol. The van der Waals surface area contributed by atoms with Crippen LogP contribution in [0.15, 0.2) is 30.3 Å². The van der Waals surface area contributed by atoms with Gasteiger partial charge in [0.1, 0.15) is 5.82 Å². The Hall–Kier alpha value is -2.90. The molecule has 1 aliphatic heterocycles. The van der Waals surface area contributed by atoms with Crippen molar-refractivity contribution in [1.82, 2.24) is 19.6 Å². The molecule has 8 heteroatoms. The van der Waals surface area contributed by atoms with Gasteiger partial charge in [0.25, 0.3) is 5.91 Å². The summed E-state index contributed by atoms with van der Waals surface area (Å²) in [6, 6.07) is 7.64. The summed E-state index contributed by atoms with van der Waals surface area (Å²) >= 11 is 0. The van der Waals surface area contributed by atoms with Crippen molar-refractivity contribution in [3.63, 3.8) is 0 Å². The molecule has 0 spiro atoms. The molecule has 26 heavy (non-hydrogen) atoms. The number of hydrogen-bond donors (Lipinski definition) is 0. The van der Waals surface area contributed by atoms with Gasteiger partial charge in [-0.1, -0.05) is 0 Å². The molecule has 1 saturated heterocycles. The van der Waals surface area contributed by atoms with Gasteiger partial charge in [-0.15, -0.1) is 0 Å². The fourth-order valence-electron chi connectivity index (χ4n) is 2.89. The summed E-state index contributed by atoms with van der Waals surface area (Å²) in [5, 5.41) is 4.37. The molecule has 138 valence electrons. The molecule has 0 aliphatic carbocycles. The quantitative estimate of drug-likeness (QED) is 0.842. The van der Waals surface area contributed by atoms with Crippen LogP contribution in [0, 0.1) is 12.7 Å². The highest BCUT2D eigenvalue weighted by Gasteiger charge is 2.27. The van der Waals surface area contributed by atoms with Crippen molar-refractivity contribution in [3.05, 3.63) is 47.5 Å². The first-order valence-corrected chi connectivity index (χ1v) is 8.53. The van der Waals surface area contributed by atoms with Crippen LogP contribution in [0.4, 0.5) is 9.18 Å². The van der Waals surface area contributed by atoms with E-state index in [0.717, 1.165) is 5.69 Å². The zero-order valence-electron chi connectivity index (χ0n) is 14.8. The second kappa shape index (κ2) is 7.55. The van der Waals surface area contributed by atoms with E-state index in [9.17, 15) is 14.0 Å². The molecule has 0 N–H and O–H groups in total. The van der Waals surface area contributed by atoms with Crippen molar-refractivity contribution < 1.29 is 18.7 Å². The Morgan fingerprint density at radius 1 is 1.12 bits per heavy atom. The highest BCUT2D eigenvalue weighted by atomic mass is 19.1. The predicted molar refractivity (Wildman–Crippen MR) is 92.8 cm³/mol. The van der Waals surface area contributed by atoms with Crippen LogP contribution in [-0.2, 0) is 4.74 Å². The summed E-state index contributed by atoms with van der Waals surface area (Å²) in [7, 11) is 0. The van der Waals surface area contributed by atoms with E-state index < -0.39 is 0 Å². The lowest BCUT2D eigenvalue weighted by molar-refractivity contribution is 0.0565. The topological polar surface area (TPSA) is 67.7 Å². The minimum Gasteiger partial charge on any atom is -0.450 e. The molecular formula is C18H21FN4O3. The molecule has 0 bridgehead atoms. The Labute approximate surface area is 150 Å². The van der Waals surface area contributed by atoms with E-state index in [1.54, 1.807) is 39.6 Å². The largest absolute Gasteiger partial charge is 0.450 e. The lowest BCUT2D eigenvalue weighted by Gasteiger charge is -2.33. The second-order valence-corrected chi connectivity index (χ2v) is 6.04. The zero-order chi connectivity index (χ0) is 18.7. The van der Waals surface area contributed by atoms with E-state index in [2.05, 4.69) is 5.10 Å². The van der Waals surface area contributed by atoms with Gasteiger partial charge in [-0.05, 0) is 44.2 Å². The summed E-state index contributed by atoms with van der Waals surface area (Å²) in [6.07, 6.45) is -0.351. The molecule has 1 aromatic carbocycles. The molecule has 1 fully saturated rings. The van der Waals surface area contributed by atoms with E-state index in [0.29, 0.717) is 44.2 Å². The Morgan fingerprint density at radius 2 is 1.73 bits per heavy atom. The normalized spacial score (nSPS) is 14.4. The summed E-state index contributed by atoms with van der Waals surface area (Å²) in [6.45, 7) is 5.66. The van der Waals surface area contributed by atoms with Gasteiger partial charge in [-0.2, -0.15) is 5.10 Å². The first kappa shape index (κ1) is 17.9. The van der Waals surface area contributed by atoms with E-state index in [-0.39, 0.29) is 17.8 Å². The van der Waals surface area contributed by atoms with Crippen LogP contribution in [0.3, 0.4) is 0 Å². The van der Waals surface area contributed by atoms with Gasteiger partial charge in [-0.3, -0.25) is 4.79 Å². The molecule has 3 rings (SSSR count). The smallest absolute Gasteiger partial charge is 0.409 e. The number of carbonyl (C=O) groups is 2. The van der Waals surface area contributed by atoms with Gasteiger partial charge < -0.3 is 14.5 Å². The number of nitrogens with zero attached hydrogens (tertiary/aromatic N) is 4. The molecule has 7 nitrogen and oxygen atoms in total. The summed E-state index contributed by atoms with van der Waals surface area (Å²) in [5.41, 5.74) is 1.80. The molecule has 0 unspecified atom stereocenters. The number of carbonyl (C=O) groups excluding carboxylic acids is 2. The lowest BCUT2D eigenvalue weighted by atomic mass is 10.2. The maximum Gasteiger partial charge on any atom is 0.409 e. The molecule has 2 amide bonds. The number of rotatable bonds is 3. The van der Waals surface area contributed by atoms with Gasteiger partial charge in [0.2, 0.25) is 0 Å². The monoisotopic (exact) mass is 360 g/mol. The fourth-order valence-corrected chi connectivity index (χ4v) is 2.89. The molecule has 0 saturated carbocycles. The average molecular weight is 360 g/mol. The Balaban J connectivity index is 1.69. The number of benzene rings is 1. The third-order valence-corrected chi connectivity index (χ3v) is 4.27. The van der Waals surface area contributed by atoms with E-state index >= 15 is 0 Å². The third kappa shape index (κ3) is 3.68. The van der Waals surface area contributed by atoms with Crippen LogP contribution in [-0.4, -0.2) is 64.4 Å². The van der Waals surface area contributed by atoms with Gasteiger partial charge in [-0.25, -0.2) is 13.9 Å². The SMILES string of the molecule is CCOC(=O)N1CCN(C(=O)c2cc(C)n(-c3ccc(F)cc3)n2)CC1. The lowest BCUT2D eigenvalue weighted by Crippen LogP contribution is -2.50. The number of ether oxygens (including phenoxy) is 1. The Morgan fingerprint density at radius 3 is 2.35 bits per heavy atom. The summed E-state index contributed by atoms with van der Waals surface area (Å²) in [4.78, 5) is 27.7. The molecule has 1 aliphatic rings. The van der Waals surface area contributed by atoms with Crippen molar-refractivity contribution in [2.24, 2.45) is 0 Å². The van der Waals surface area contributed by atoms with Crippen LogP contribution in [0.2, 0.25) is 0 Å².